The highest BCUT2D eigenvalue weighted by Crippen LogP contribution is 2.40. The summed E-state index contributed by atoms with van der Waals surface area (Å²) in [7, 11) is 0. The Morgan fingerprint density at radius 1 is 1.22 bits per heavy atom. The Labute approximate surface area is 110 Å². The van der Waals surface area contributed by atoms with Crippen LogP contribution in [0.15, 0.2) is 29.4 Å². The van der Waals surface area contributed by atoms with Crippen LogP contribution in [0.2, 0.25) is 5.02 Å². The Kier molecular flexibility index (Phi) is 2.95. The molecule has 1 fully saturated rings. The van der Waals surface area contributed by atoms with Gasteiger partial charge in [-0.05, 0) is 38.5 Å². The molecule has 0 radical (unpaired) electrons. The minimum Gasteiger partial charge on any atom is -0.410 e. The van der Waals surface area contributed by atoms with E-state index in [1.54, 1.807) is 45.0 Å². The Hall–Kier alpha value is -1.39. The molecule has 0 aromatic heterocycles. The number of nitrogens with zero attached hydrogens (tertiary/aromatic N) is 1. The summed E-state index contributed by atoms with van der Waals surface area (Å²) in [6.45, 7) is 5.02. The summed E-state index contributed by atoms with van der Waals surface area (Å²) >= 11 is 5.83. The maximum absolute atomic E-state index is 12.1. The van der Waals surface area contributed by atoms with Crippen LogP contribution in [0.1, 0.15) is 26.3 Å². The molecule has 0 aliphatic carbocycles. The van der Waals surface area contributed by atoms with Crippen LogP contribution < -0.4 is 0 Å². The molecular weight excluding hydrogens is 254 g/mol. The second kappa shape index (κ2) is 4.07. The maximum Gasteiger partial charge on any atom is 0.214 e. The highest BCUT2D eigenvalue weighted by atomic mass is 35.5. The van der Waals surface area contributed by atoms with Crippen LogP contribution in [0.5, 0.6) is 0 Å². The second-order valence-electron chi connectivity index (χ2n) is 4.93. The molecule has 1 aliphatic heterocycles. The number of hydrogen-bond acceptors (Lipinski definition) is 4. The molecule has 1 heterocycles. The number of ether oxygens (including phenoxy) is 1. The predicted molar refractivity (Wildman–Crippen MR) is 68.2 cm³/mol. The topological polar surface area (TPSA) is 58.9 Å². The van der Waals surface area contributed by atoms with Crippen molar-refractivity contribution in [2.75, 3.05) is 0 Å². The SMILES string of the molecule is CC1(C)OC(C)(c2ccc(Cl)cc2)/C(=N\O)C1=O. The van der Waals surface area contributed by atoms with E-state index in [1.165, 1.54) is 0 Å². The smallest absolute Gasteiger partial charge is 0.214 e. The van der Waals surface area contributed by atoms with Crippen molar-refractivity contribution in [3.05, 3.63) is 34.9 Å². The van der Waals surface area contributed by atoms with Crippen molar-refractivity contribution in [3.8, 4) is 0 Å². The van der Waals surface area contributed by atoms with Crippen LogP contribution in [-0.4, -0.2) is 22.3 Å². The van der Waals surface area contributed by atoms with Crippen molar-refractivity contribution in [1.82, 2.24) is 0 Å². The molecule has 0 saturated carbocycles. The molecule has 1 atom stereocenters. The molecule has 1 aromatic carbocycles. The van der Waals surface area contributed by atoms with Crippen molar-refractivity contribution in [2.45, 2.75) is 32.0 Å². The molecule has 4 nitrogen and oxygen atoms in total. The normalized spacial score (nSPS) is 28.9. The van der Waals surface area contributed by atoms with E-state index in [4.69, 9.17) is 21.5 Å². The van der Waals surface area contributed by atoms with Gasteiger partial charge >= 0.3 is 0 Å². The number of carbonyl (C=O) groups excluding carboxylic acids is 1. The van der Waals surface area contributed by atoms with Gasteiger partial charge in [0.1, 0.15) is 11.2 Å². The first-order valence-electron chi connectivity index (χ1n) is 5.55. The van der Waals surface area contributed by atoms with Crippen LogP contribution in [0.4, 0.5) is 0 Å². The summed E-state index contributed by atoms with van der Waals surface area (Å²) in [6.07, 6.45) is 0. The molecule has 0 bridgehead atoms. The number of oxime groups is 1. The molecule has 0 amide bonds. The quantitative estimate of drug-likeness (QED) is 0.629. The average molecular weight is 268 g/mol. The number of benzene rings is 1. The van der Waals surface area contributed by atoms with Gasteiger partial charge in [-0.3, -0.25) is 4.79 Å². The number of ketones is 1. The van der Waals surface area contributed by atoms with Crippen molar-refractivity contribution >= 4 is 23.1 Å². The predicted octanol–water partition coefficient (Wildman–Crippen LogP) is 2.76. The van der Waals surface area contributed by atoms with Crippen molar-refractivity contribution in [1.29, 1.82) is 0 Å². The lowest BCUT2D eigenvalue weighted by atomic mass is 9.89. The zero-order valence-electron chi connectivity index (χ0n) is 10.4. The molecule has 1 aromatic rings. The third-order valence-corrected chi connectivity index (χ3v) is 3.42. The fraction of sp³-hybridized carbons (Fsp3) is 0.385. The van der Waals surface area contributed by atoms with Gasteiger partial charge in [-0.1, -0.05) is 28.9 Å². The van der Waals surface area contributed by atoms with Crippen LogP contribution in [0.25, 0.3) is 0 Å². The summed E-state index contributed by atoms with van der Waals surface area (Å²) in [4.78, 5) is 12.1. The Morgan fingerprint density at radius 3 is 2.28 bits per heavy atom. The molecule has 1 unspecified atom stereocenters. The molecule has 1 aliphatic rings. The van der Waals surface area contributed by atoms with Crippen molar-refractivity contribution in [2.24, 2.45) is 5.16 Å². The summed E-state index contributed by atoms with van der Waals surface area (Å²) < 4.78 is 5.79. The van der Waals surface area contributed by atoms with Gasteiger partial charge in [0.25, 0.3) is 0 Å². The van der Waals surface area contributed by atoms with E-state index in [1.807, 2.05) is 0 Å². The zero-order chi connectivity index (χ0) is 13.6. The van der Waals surface area contributed by atoms with Crippen LogP contribution in [0.3, 0.4) is 0 Å². The second-order valence-corrected chi connectivity index (χ2v) is 5.37. The van der Waals surface area contributed by atoms with E-state index in [0.717, 1.165) is 5.56 Å². The largest absolute Gasteiger partial charge is 0.410 e. The van der Waals surface area contributed by atoms with Crippen molar-refractivity contribution < 1.29 is 14.7 Å². The van der Waals surface area contributed by atoms with E-state index < -0.39 is 11.2 Å². The molecule has 96 valence electrons. The fourth-order valence-electron chi connectivity index (χ4n) is 2.21. The lowest BCUT2D eigenvalue weighted by Crippen LogP contribution is -2.31. The summed E-state index contributed by atoms with van der Waals surface area (Å²) in [6, 6.07) is 6.91. The lowest BCUT2D eigenvalue weighted by Gasteiger charge is -2.26. The minimum atomic E-state index is -1.06. The zero-order valence-corrected chi connectivity index (χ0v) is 11.2. The average Bonchev–Trinajstić information content (AvgIpc) is 2.47. The van der Waals surface area contributed by atoms with Crippen LogP contribution in [0, 0.1) is 0 Å². The molecule has 1 N–H and O–H groups in total. The van der Waals surface area contributed by atoms with Gasteiger partial charge in [0, 0.05) is 5.02 Å². The Bertz CT molecular complexity index is 522. The third-order valence-electron chi connectivity index (χ3n) is 3.17. The number of rotatable bonds is 1. The molecule has 18 heavy (non-hydrogen) atoms. The molecule has 0 spiro atoms. The molecule has 1 saturated heterocycles. The Balaban J connectivity index is 2.54. The van der Waals surface area contributed by atoms with E-state index in [9.17, 15) is 4.79 Å². The summed E-state index contributed by atoms with van der Waals surface area (Å²) in [5, 5.41) is 12.8. The molecular formula is C13H14ClNO3. The van der Waals surface area contributed by atoms with Gasteiger partial charge < -0.3 is 9.94 Å². The lowest BCUT2D eigenvalue weighted by molar-refractivity contribution is -0.133. The molecule has 5 heteroatoms. The first kappa shape index (κ1) is 13.1. The number of carbonyl (C=O) groups is 1. The monoisotopic (exact) mass is 267 g/mol. The standard InChI is InChI=1S/C13H14ClNO3/c1-12(2)11(16)10(15-17)13(3,18-12)8-4-6-9(14)7-5-8/h4-7,17H,1-3H3/b15-10-. The van der Waals surface area contributed by atoms with E-state index in [-0.39, 0.29) is 11.5 Å². The minimum absolute atomic E-state index is 0.00909. The summed E-state index contributed by atoms with van der Waals surface area (Å²) in [5.41, 5.74) is -1.33. The first-order valence-corrected chi connectivity index (χ1v) is 5.92. The number of hydrogen-bond donors (Lipinski definition) is 1. The van der Waals surface area contributed by atoms with E-state index >= 15 is 0 Å². The van der Waals surface area contributed by atoms with Crippen LogP contribution >= 0.6 is 11.6 Å². The van der Waals surface area contributed by atoms with Gasteiger partial charge in [-0.25, -0.2) is 0 Å². The van der Waals surface area contributed by atoms with Gasteiger partial charge in [-0.2, -0.15) is 0 Å². The first-order chi connectivity index (χ1) is 8.31. The number of Topliss-reactive ketones (excluding diaryl/α,β-unsaturated/α-hetero) is 1. The highest BCUT2D eigenvalue weighted by Gasteiger charge is 2.55. The Morgan fingerprint density at radius 2 is 1.78 bits per heavy atom. The number of halogens is 1. The van der Waals surface area contributed by atoms with Gasteiger partial charge in [0.2, 0.25) is 5.78 Å². The van der Waals surface area contributed by atoms with Crippen LogP contribution in [-0.2, 0) is 15.1 Å². The third kappa shape index (κ3) is 1.82. The van der Waals surface area contributed by atoms with E-state index in [0.29, 0.717) is 5.02 Å². The van der Waals surface area contributed by atoms with Gasteiger partial charge in [0.05, 0.1) is 0 Å². The van der Waals surface area contributed by atoms with Crippen molar-refractivity contribution in [3.63, 3.8) is 0 Å². The van der Waals surface area contributed by atoms with Gasteiger partial charge in [0.15, 0.2) is 5.71 Å². The maximum atomic E-state index is 12.1. The summed E-state index contributed by atoms with van der Waals surface area (Å²) in [5.74, 6) is -0.317. The highest BCUT2D eigenvalue weighted by molar-refractivity contribution is 6.46. The van der Waals surface area contributed by atoms with E-state index in [2.05, 4.69) is 5.16 Å². The fourth-order valence-corrected chi connectivity index (χ4v) is 2.34. The molecule has 2 rings (SSSR count). The van der Waals surface area contributed by atoms with Gasteiger partial charge in [-0.15, -0.1) is 0 Å².